The molecule has 0 aliphatic heterocycles. The summed E-state index contributed by atoms with van der Waals surface area (Å²) >= 11 is 0. The normalized spacial score (nSPS) is 11.4. The van der Waals surface area contributed by atoms with Gasteiger partial charge in [0.2, 0.25) is 0 Å². The fourth-order valence-electron chi connectivity index (χ4n) is 2.20. The summed E-state index contributed by atoms with van der Waals surface area (Å²) in [6, 6.07) is 4.93. The van der Waals surface area contributed by atoms with E-state index in [1.165, 1.54) is 11.3 Å². The second kappa shape index (κ2) is 7.49. The minimum Gasteiger partial charge on any atom is -0.354 e. The molecule has 0 saturated heterocycles. The van der Waals surface area contributed by atoms with Crippen LogP contribution in [-0.4, -0.2) is 24.1 Å². The molecule has 3 nitrogen and oxygen atoms in total. The number of hydrogen-bond acceptors (Lipinski definition) is 3. The summed E-state index contributed by atoms with van der Waals surface area (Å²) in [7, 11) is 0. The largest absolute Gasteiger partial charge is 0.354 e. The van der Waals surface area contributed by atoms with Crippen LogP contribution in [0.5, 0.6) is 0 Å². The van der Waals surface area contributed by atoms with Gasteiger partial charge in [-0.2, -0.15) is 0 Å². The summed E-state index contributed by atoms with van der Waals surface area (Å²) in [5.74, 6) is 1.57. The van der Waals surface area contributed by atoms with Crippen LogP contribution in [0.4, 0.5) is 5.82 Å². The van der Waals surface area contributed by atoms with E-state index in [1.54, 1.807) is 0 Å². The van der Waals surface area contributed by atoms with Crippen LogP contribution in [0, 0.1) is 0 Å². The molecule has 0 fully saturated rings. The molecule has 0 aliphatic rings. The lowest BCUT2D eigenvalue weighted by molar-refractivity contribution is 0.680. The number of rotatable bonds is 7. The van der Waals surface area contributed by atoms with Crippen LogP contribution in [0.3, 0.4) is 0 Å². The summed E-state index contributed by atoms with van der Waals surface area (Å²) in [4.78, 5) is 7.18. The number of hydrogen-bond donors (Lipinski definition) is 1. The lowest BCUT2D eigenvalue weighted by atomic mass is 10.1. The minimum atomic E-state index is 0.464. The molecule has 0 atom stereocenters. The Morgan fingerprint density at radius 1 is 1.16 bits per heavy atom. The van der Waals surface area contributed by atoms with Gasteiger partial charge in [0.05, 0.1) is 0 Å². The third-order valence-electron chi connectivity index (χ3n) is 3.32. The maximum Gasteiger partial charge on any atom is 0.129 e. The maximum absolute atomic E-state index is 4.83. The van der Waals surface area contributed by atoms with Gasteiger partial charge >= 0.3 is 0 Å². The molecule has 1 aromatic heterocycles. The van der Waals surface area contributed by atoms with Crippen molar-refractivity contribution in [2.75, 3.05) is 18.0 Å². The molecule has 1 heterocycles. The van der Waals surface area contributed by atoms with Crippen molar-refractivity contribution in [1.29, 1.82) is 0 Å². The topological polar surface area (TPSA) is 28.2 Å². The van der Waals surface area contributed by atoms with Gasteiger partial charge in [0, 0.05) is 24.8 Å². The van der Waals surface area contributed by atoms with Crippen LogP contribution in [0.25, 0.3) is 0 Å². The zero-order valence-corrected chi connectivity index (χ0v) is 13.3. The van der Waals surface area contributed by atoms with Crippen molar-refractivity contribution in [1.82, 2.24) is 10.3 Å². The molecule has 0 bridgehead atoms. The van der Waals surface area contributed by atoms with Crippen LogP contribution < -0.4 is 10.2 Å². The van der Waals surface area contributed by atoms with E-state index in [0.717, 1.165) is 25.5 Å². The van der Waals surface area contributed by atoms with Crippen LogP contribution in [0.1, 0.15) is 58.7 Å². The van der Waals surface area contributed by atoms with Gasteiger partial charge in [-0.3, -0.25) is 0 Å². The van der Waals surface area contributed by atoms with E-state index in [0.29, 0.717) is 12.0 Å². The van der Waals surface area contributed by atoms with Crippen LogP contribution in [-0.2, 0) is 6.54 Å². The van der Waals surface area contributed by atoms with Gasteiger partial charge in [-0.05, 0) is 50.9 Å². The predicted molar refractivity (Wildman–Crippen MR) is 83.9 cm³/mol. The smallest absolute Gasteiger partial charge is 0.129 e. The van der Waals surface area contributed by atoms with Gasteiger partial charge < -0.3 is 10.2 Å². The van der Waals surface area contributed by atoms with Crippen molar-refractivity contribution in [2.24, 2.45) is 0 Å². The van der Waals surface area contributed by atoms with Gasteiger partial charge in [0.25, 0.3) is 0 Å². The summed E-state index contributed by atoms with van der Waals surface area (Å²) in [6.45, 7) is 16.1. The molecule has 0 aliphatic carbocycles. The highest BCUT2D eigenvalue weighted by Gasteiger charge is 2.13. The van der Waals surface area contributed by atoms with E-state index in [9.17, 15) is 0 Å². The highest BCUT2D eigenvalue weighted by Crippen LogP contribution is 2.21. The molecule has 0 spiro atoms. The van der Waals surface area contributed by atoms with Crippen molar-refractivity contribution < 1.29 is 0 Å². The van der Waals surface area contributed by atoms with E-state index in [2.05, 4.69) is 63.9 Å². The monoisotopic (exact) mass is 263 g/mol. The third kappa shape index (κ3) is 4.50. The maximum atomic E-state index is 4.83. The molecule has 1 aromatic rings. The van der Waals surface area contributed by atoms with Crippen molar-refractivity contribution in [3.8, 4) is 0 Å². The quantitative estimate of drug-likeness (QED) is 0.815. The number of aromatic nitrogens is 1. The number of nitrogens with one attached hydrogen (secondary N) is 1. The zero-order valence-electron chi connectivity index (χ0n) is 13.3. The molecule has 3 heteroatoms. The van der Waals surface area contributed by atoms with Crippen LogP contribution in [0.2, 0.25) is 0 Å². The molecule has 1 rings (SSSR count). The van der Waals surface area contributed by atoms with Gasteiger partial charge in [-0.25, -0.2) is 4.98 Å². The summed E-state index contributed by atoms with van der Waals surface area (Å²) < 4.78 is 0. The lowest BCUT2D eigenvalue weighted by Crippen LogP contribution is -2.31. The highest BCUT2D eigenvalue weighted by molar-refractivity contribution is 5.44. The van der Waals surface area contributed by atoms with Gasteiger partial charge in [0.1, 0.15) is 5.82 Å². The molecule has 0 radical (unpaired) electrons. The van der Waals surface area contributed by atoms with Crippen LogP contribution >= 0.6 is 0 Å². The summed E-state index contributed by atoms with van der Waals surface area (Å²) in [5, 5.41) is 3.40. The highest BCUT2D eigenvalue weighted by atomic mass is 15.2. The Morgan fingerprint density at radius 3 is 2.32 bits per heavy atom. The second-order valence-electron chi connectivity index (χ2n) is 5.57. The average Bonchev–Trinajstić information content (AvgIpc) is 2.36. The predicted octanol–water partition coefficient (Wildman–Crippen LogP) is 3.55. The molecular formula is C16H29N3. The molecule has 1 N–H and O–H groups in total. The summed E-state index contributed by atoms with van der Waals surface area (Å²) in [6.07, 6.45) is 0. The summed E-state index contributed by atoms with van der Waals surface area (Å²) in [5.41, 5.74) is 2.51. The fourth-order valence-corrected chi connectivity index (χ4v) is 2.20. The van der Waals surface area contributed by atoms with E-state index >= 15 is 0 Å². The van der Waals surface area contributed by atoms with E-state index < -0.39 is 0 Å². The first-order valence-electron chi connectivity index (χ1n) is 7.47. The Balaban J connectivity index is 3.11. The zero-order chi connectivity index (χ0) is 14.4. The van der Waals surface area contributed by atoms with Crippen LogP contribution in [0.15, 0.2) is 12.1 Å². The Bertz CT molecular complexity index is 386. The lowest BCUT2D eigenvalue weighted by Gasteiger charge is -2.27. The molecule has 0 saturated carbocycles. The Labute approximate surface area is 118 Å². The SMILES string of the molecule is CCNCc1cc(C(C)C)nc(N(CC)C(C)C)c1. The molecular weight excluding hydrogens is 234 g/mol. The van der Waals surface area contributed by atoms with Crippen molar-refractivity contribution in [3.05, 3.63) is 23.4 Å². The Morgan fingerprint density at radius 2 is 1.84 bits per heavy atom. The average molecular weight is 263 g/mol. The number of anilines is 1. The molecule has 0 aromatic carbocycles. The Kier molecular flexibility index (Phi) is 6.29. The first-order chi connectivity index (χ1) is 8.99. The fraction of sp³-hybridized carbons (Fsp3) is 0.688. The van der Waals surface area contributed by atoms with Gasteiger partial charge in [-0.15, -0.1) is 0 Å². The number of pyridine rings is 1. The van der Waals surface area contributed by atoms with Crippen molar-refractivity contribution >= 4 is 5.82 Å². The molecule has 19 heavy (non-hydrogen) atoms. The van der Waals surface area contributed by atoms with Crippen molar-refractivity contribution in [2.45, 2.75) is 60.0 Å². The number of nitrogens with zero attached hydrogens (tertiary/aromatic N) is 2. The second-order valence-corrected chi connectivity index (χ2v) is 5.57. The molecule has 0 amide bonds. The minimum absolute atomic E-state index is 0.464. The van der Waals surface area contributed by atoms with E-state index in [-0.39, 0.29) is 0 Å². The van der Waals surface area contributed by atoms with Gasteiger partial charge in [0.15, 0.2) is 0 Å². The van der Waals surface area contributed by atoms with E-state index in [4.69, 9.17) is 4.98 Å². The van der Waals surface area contributed by atoms with Crippen molar-refractivity contribution in [3.63, 3.8) is 0 Å². The third-order valence-corrected chi connectivity index (χ3v) is 3.32. The standard InChI is InChI=1S/C16H29N3/c1-7-17-11-14-9-15(12(3)4)18-16(10-14)19(8-2)13(5)6/h9-10,12-13,17H,7-8,11H2,1-6H3. The first kappa shape index (κ1) is 16.0. The molecule has 108 valence electrons. The molecule has 0 unspecified atom stereocenters. The Hall–Kier alpha value is -1.09. The van der Waals surface area contributed by atoms with Gasteiger partial charge in [-0.1, -0.05) is 20.8 Å². The first-order valence-corrected chi connectivity index (χ1v) is 7.47. The van der Waals surface area contributed by atoms with E-state index in [1.807, 2.05) is 0 Å².